The first-order valence-electron chi connectivity index (χ1n) is 8.50. The van der Waals surface area contributed by atoms with Crippen LogP contribution < -0.4 is 18.1 Å². The maximum absolute atomic E-state index is 10.5. The van der Waals surface area contributed by atoms with Gasteiger partial charge in [-0.1, -0.05) is 0 Å². The van der Waals surface area contributed by atoms with Crippen LogP contribution in [0.1, 0.15) is 0 Å². The Hall–Kier alpha value is -0.150. The number of hydrogen-bond donors (Lipinski definition) is 7. The largest absolute Gasteiger partial charge is 1.00 e. The summed E-state index contributed by atoms with van der Waals surface area (Å²) in [5.41, 5.74) is 5.70. The highest BCUT2D eigenvalue weighted by Gasteiger charge is 2.54. The van der Waals surface area contributed by atoms with Crippen molar-refractivity contribution in [3.8, 4) is 0 Å². The Bertz CT molecular complexity index is 467. The molecule has 0 radical (unpaired) electrons. The molecule has 2 heterocycles. The molecule has 0 saturated carbocycles. The highest BCUT2D eigenvalue weighted by molar-refractivity contribution is 4.95. The second kappa shape index (κ2) is 9.57. The van der Waals surface area contributed by atoms with Crippen LogP contribution in [0.2, 0.25) is 0 Å². The summed E-state index contributed by atoms with van der Waals surface area (Å²) < 4.78 is 16.7. The first-order chi connectivity index (χ1) is 12.0. The molecule has 0 spiro atoms. The fourth-order valence-corrected chi connectivity index (χ4v) is 3.43. The van der Waals surface area contributed by atoms with Crippen molar-refractivity contribution in [2.45, 2.75) is 61.3 Å². The minimum absolute atomic E-state index is 0. The lowest BCUT2D eigenvalue weighted by Crippen LogP contribution is -3.00. The Labute approximate surface area is 163 Å². The molecule has 0 aromatic heterocycles. The lowest BCUT2D eigenvalue weighted by atomic mass is 9.93. The third-order valence-electron chi connectivity index (χ3n) is 4.95. The van der Waals surface area contributed by atoms with Gasteiger partial charge in [0, 0.05) is 0 Å². The Morgan fingerprint density at radius 1 is 0.889 bits per heavy atom. The van der Waals surface area contributed by atoms with Crippen LogP contribution in [0.3, 0.4) is 0 Å². The summed E-state index contributed by atoms with van der Waals surface area (Å²) in [5.74, 6) is 0. The summed E-state index contributed by atoms with van der Waals surface area (Å²) in [7, 11) is 5.27. The fourth-order valence-electron chi connectivity index (χ4n) is 3.43. The second-order valence-corrected chi connectivity index (χ2v) is 7.73. The normalized spacial score (nSPS) is 46.0. The van der Waals surface area contributed by atoms with Gasteiger partial charge in [-0.2, -0.15) is 0 Å². The lowest BCUT2D eigenvalue weighted by molar-refractivity contribution is -0.910. The third-order valence-corrected chi connectivity index (χ3v) is 4.95. The van der Waals surface area contributed by atoms with Gasteiger partial charge in [0.2, 0.25) is 6.29 Å². The van der Waals surface area contributed by atoms with Gasteiger partial charge in [-0.15, -0.1) is 0 Å². The van der Waals surface area contributed by atoms with Crippen LogP contribution in [0.5, 0.6) is 0 Å². The van der Waals surface area contributed by atoms with Gasteiger partial charge < -0.3 is 67.5 Å². The van der Waals surface area contributed by atoms with Crippen molar-refractivity contribution in [3.63, 3.8) is 0 Å². The van der Waals surface area contributed by atoms with Crippen molar-refractivity contribution in [2.24, 2.45) is 5.73 Å². The van der Waals surface area contributed by atoms with E-state index in [0.29, 0.717) is 0 Å². The van der Waals surface area contributed by atoms with Crippen molar-refractivity contribution >= 4 is 0 Å². The Morgan fingerprint density at radius 2 is 1.44 bits per heavy atom. The van der Waals surface area contributed by atoms with Gasteiger partial charge in [0.1, 0.15) is 36.6 Å². The molecular weight excluding hydrogens is 388 g/mol. The topological polar surface area (TPSA) is 175 Å². The summed E-state index contributed by atoms with van der Waals surface area (Å²) in [4.78, 5) is 0. The molecule has 27 heavy (non-hydrogen) atoms. The van der Waals surface area contributed by atoms with Crippen molar-refractivity contribution in [3.05, 3.63) is 0 Å². The van der Waals surface area contributed by atoms with Gasteiger partial charge in [-0.05, 0) is 0 Å². The Balaban J connectivity index is 0.00000364. The average molecular weight is 419 g/mol. The highest BCUT2D eigenvalue weighted by Crippen LogP contribution is 2.31. The van der Waals surface area contributed by atoms with E-state index in [1.54, 1.807) is 21.1 Å². The van der Waals surface area contributed by atoms with Crippen LogP contribution in [0, 0.1) is 0 Å². The Morgan fingerprint density at radius 3 is 1.93 bits per heavy atom. The summed E-state index contributed by atoms with van der Waals surface area (Å²) in [6, 6.07) is -1.94. The molecule has 162 valence electrons. The van der Waals surface area contributed by atoms with E-state index in [9.17, 15) is 30.6 Å². The van der Waals surface area contributed by atoms with Crippen LogP contribution in [-0.4, -0.2) is 131 Å². The average Bonchev–Trinajstić information content (AvgIpc) is 2.56. The molecule has 0 aromatic rings. The molecule has 2 rings (SSSR count). The summed E-state index contributed by atoms with van der Waals surface area (Å²) in [5, 5.41) is 59.6. The number of ether oxygens (including phenoxy) is 3. The monoisotopic (exact) mass is 418 g/mol. The quantitative estimate of drug-likeness (QED) is 0.212. The minimum Gasteiger partial charge on any atom is -1.00 e. The van der Waals surface area contributed by atoms with Crippen LogP contribution in [0.15, 0.2) is 0 Å². The molecule has 0 aromatic carbocycles. The number of aliphatic hydroxyl groups is 6. The van der Waals surface area contributed by atoms with E-state index < -0.39 is 74.5 Å². The number of likely N-dealkylation sites (N-methyl/N-ethyl adjacent to an activating group) is 1. The summed E-state index contributed by atoms with van der Waals surface area (Å²) >= 11 is 0. The molecule has 0 aliphatic carbocycles. The highest BCUT2D eigenvalue weighted by atomic mass is 35.5. The Kier molecular flexibility index (Phi) is 8.82. The number of aliphatic hydroxyl groups excluding tert-OH is 6. The second-order valence-electron chi connectivity index (χ2n) is 7.73. The first-order valence-corrected chi connectivity index (χ1v) is 8.50. The van der Waals surface area contributed by atoms with Crippen LogP contribution >= 0.6 is 0 Å². The summed E-state index contributed by atoms with van der Waals surface area (Å²) in [6.45, 7) is -1.10. The molecule has 11 nitrogen and oxygen atoms in total. The molecule has 10 atom stereocenters. The minimum atomic E-state index is -1.47. The molecule has 2 saturated heterocycles. The van der Waals surface area contributed by atoms with Gasteiger partial charge in [-0.25, -0.2) is 0 Å². The number of nitrogens with two attached hydrogens (primary N) is 1. The van der Waals surface area contributed by atoms with E-state index in [1.165, 1.54) is 0 Å². The van der Waals surface area contributed by atoms with Crippen molar-refractivity contribution in [1.82, 2.24) is 0 Å². The number of quaternary nitrogens is 1. The predicted molar refractivity (Wildman–Crippen MR) is 86.4 cm³/mol. The number of hydrogen-bond acceptors (Lipinski definition) is 10. The smallest absolute Gasteiger partial charge is 0.214 e. The fraction of sp³-hybridized carbons (Fsp3) is 1.00. The van der Waals surface area contributed by atoms with Gasteiger partial charge in [0.15, 0.2) is 12.3 Å². The van der Waals surface area contributed by atoms with E-state index in [4.69, 9.17) is 19.9 Å². The van der Waals surface area contributed by atoms with E-state index in [2.05, 4.69) is 0 Å². The molecule has 12 heteroatoms. The maximum Gasteiger partial charge on any atom is 0.214 e. The van der Waals surface area contributed by atoms with E-state index in [-0.39, 0.29) is 16.9 Å². The zero-order chi connectivity index (χ0) is 19.8. The van der Waals surface area contributed by atoms with Crippen LogP contribution in [-0.2, 0) is 14.2 Å². The zero-order valence-electron chi connectivity index (χ0n) is 15.5. The van der Waals surface area contributed by atoms with E-state index >= 15 is 0 Å². The maximum atomic E-state index is 10.5. The van der Waals surface area contributed by atoms with Crippen molar-refractivity contribution in [1.29, 1.82) is 0 Å². The van der Waals surface area contributed by atoms with Crippen LogP contribution in [0.4, 0.5) is 0 Å². The van der Waals surface area contributed by atoms with Gasteiger partial charge in [0.05, 0.1) is 40.4 Å². The first kappa shape index (κ1) is 24.9. The molecule has 0 amide bonds. The third kappa shape index (κ3) is 5.07. The summed E-state index contributed by atoms with van der Waals surface area (Å²) in [6.07, 6.45) is -9.92. The lowest BCUT2D eigenvalue weighted by Gasteiger charge is -2.50. The van der Waals surface area contributed by atoms with Crippen molar-refractivity contribution < 1.29 is 61.7 Å². The standard InChI is InChI=1S/C15H31N2O9.ClH/c1-17(2,3)9-12(22)10(20)6(4-18)25-15(9)26-13-7(5-19)24-14(23)8(16)11(13)21;/h6-15,18-23H,4-5,16H2,1-3H3;1H/q+1;/p-1/t6-,7-,8-,9-,10-,11-,12-,13-,14-,15+;/m1./s1. The van der Waals surface area contributed by atoms with E-state index in [0.717, 1.165) is 0 Å². The molecule has 2 aliphatic rings. The molecule has 2 fully saturated rings. The predicted octanol–water partition coefficient (Wildman–Crippen LogP) is -7.71. The van der Waals surface area contributed by atoms with Gasteiger partial charge >= 0.3 is 0 Å². The zero-order valence-corrected chi connectivity index (χ0v) is 16.3. The molecular formula is C15H31ClN2O9. The molecule has 0 unspecified atom stereocenters. The molecule has 0 bridgehead atoms. The van der Waals surface area contributed by atoms with Crippen molar-refractivity contribution in [2.75, 3.05) is 34.4 Å². The molecule has 2 aliphatic heterocycles. The number of rotatable bonds is 5. The number of nitrogens with zero attached hydrogens (tertiary/aromatic N) is 1. The SMILES string of the molecule is C[N+](C)(C)[C@H]1[C@H](O[C@H]2[C@H](O)[C@@H](N)[C@H](O)O[C@@H]2CO)O[C@H](CO)[C@@H](O)[C@@H]1O.[Cl-]. The molecule has 8 N–H and O–H groups in total. The van der Waals surface area contributed by atoms with Gasteiger partial charge in [0.25, 0.3) is 0 Å². The number of halogens is 1. The van der Waals surface area contributed by atoms with E-state index in [1.807, 2.05) is 0 Å². The van der Waals surface area contributed by atoms with Crippen LogP contribution in [0.25, 0.3) is 0 Å². The van der Waals surface area contributed by atoms with Gasteiger partial charge in [-0.3, -0.25) is 0 Å².